The third kappa shape index (κ3) is 3.53. The van der Waals surface area contributed by atoms with Crippen LogP contribution in [-0.2, 0) is 0 Å². The lowest BCUT2D eigenvalue weighted by atomic mass is 10.2. The number of anilines is 1. The monoisotopic (exact) mass is 361 g/mol. The fourth-order valence-corrected chi connectivity index (χ4v) is 2.44. The normalized spacial score (nSPS) is 10.5. The van der Waals surface area contributed by atoms with Crippen LogP contribution in [0.3, 0.4) is 0 Å². The van der Waals surface area contributed by atoms with Crippen molar-refractivity contribution >= 4 is 34.8 Å². The zero-order valence-corrected chi connectivity index (χ0v) is 14.2. The minimum Gasteiger partial charge on any atom is -0.497 e. The molecule has 5 nitrogen and oxygen atoms in total. The topological polar surface area (TPSA) is 56.1 Å². The number of halogens is 2. The second-order valence-corrected chi connectivity index (χ2v) is 5.79. The maximum Gasteiger partial charge on any atom is 0.258 e. The van der Waals surface area contributed by atoms with Gasteiger partial charge in [-0.2, -0.15) is 5.10 Å². The first-order valence-electron chi connectivity index (χ1n) is 7.02. The van der Waals surface area contributed by atoms with E-state index in [4.69, 9.17) is 27.9 Å². The molecular formula is C17H13Cl2N3O2. The Kier molecular flexibility index (Phi) is 4.74. The van der Waals surface area contributed by atoms with Crippen LogP contribution < -0.4 is 10.1 Å². The van der Waals surface area contributed by atoms with E-state index in [-0.39, 0.29) is 5.91 Å². The zero-order chi connectivity index (χ0) is 17.1. The summed E-state index contributed by atoms with van der Waals surface area (Å²) in [5.74, 6) is 0.316. The first kappa shape index (κ1) is 16.4. The van der Waals surface area contributed by atoms with Gasteiger partial charge in [0.15, 0.2) is 0 Å². The summed E-state index contributed by atoms with van der Waals surface area (Å²) in [6, 6.07) is 12.2. The van der Waals surface area contributed by atoms with Crippen molar-refractivity contribution in [1.82, 2.24) is 9.78 Å². The highest BCUT2D eigenvalue weighted by molar-refractivity contribution is 6.34. The van der Waals surface area contributed by atoms with E-state index in [0.717, 1.165) is 5.69 Å². The fraction of sp³-hybridized carbons (Fsp3) is 0.0588. The van der Waals surface area contributed by atoms with Crippen LogP contribution in [0.1, 0.15) is 10.4 Å². The molecule has 0 saturated heterocycles. The van der Waals surface area contributed by atoms with Gasteiger partial charge < -0.3 is 10.1 Å². The van der Waals surface area contributed by atoms with E-state index in [1.165, 1.54) is 6.20 Å². The number of hydrogen-bond donors (Lipinski definition) is 1. The predicted molar refractivity (Wildman–Crippen MR) is 94.5 cm³/mol. The Hall–Kier alpha value is -2.50. The van der Waals surface area contributed by atoms with Crippen molar-refractivity contribution in [3.63, 3.8) is 0 Å². The highest BCUT2D eigenvalue weighted by Gasteiger charge is 2.12. The number of hydrogen-bond acceptors (Lipinski definition) is 3. The Morgan fingerprint density at radius 3 is 2.58 bits per heavy atom. The summed E-state index contributed by atoms with van der Waals surface area (Å²) in [7, 11) is 1.55. The molecule has 0 fully saturated rings. The SMILES string of the molecule is COc1ccc(NC(=O)c2cnn(-c3ccc(Cl)cc3)c2)c(Cl)c1. The molecule has 3 aromatic rings. The molecule has 0 radical (unpaired) electrons. The molecule has 1 aromatic heterocycles. The molecule has 0 unspecified atom stereocenters. The standard InChI is InChI=1S/C17H13Cl2N3O2/c1-24-14-6-7-16(15(19)8-14)21-17(23)11-9-20-22(10-11)13-4-2-12(18)3-5-13/h2-10H,1H3,(H,21,23). The molecular weight excluding hydrogens is 349 g/mol. The van der Waals surface area contributed by atoms with Crippen LogP contribution in [0, 0.1) is 0 Å². The fourth-order valence-electron chi connectivity index (χ4n) is 2.09. The van der Waals surface area contributed by atoms with Gasteiger partial charge in [0, 0.05) is 17.3 Å². The largest absolute Gasteiger partial charge is 0.497 e. The number of carbonyl (C=O) groups is 1. The number of ether oxygens (including phenoxy) is 1. The van der Waals surface area contributed by atoms with E-state index in [9.17, 15) is 4.79 Å². The van der Waals surface area contributed by atoms with Crippen molar-refractivity contribution in [2.45, 2.75) is 0 Å². The minimum atomic E-state index is -0.303. The Bertz CT molecular complexity index is 876. The lowest BCUT2D eigenvalue weighted by Gasteiger charge is -2.07. The second-order valence-electron chi connectivity index (χ2n) is 4.95. The lowest BCUT2D eigenvalue weighted by Crippen LogP contribution is -2.11. The van der Waals surface area contributed by atoms with Gasteiger partial charge >= 0.3 is 0 Å². The van der Waals surface area contributed by atoms with Gasteiger partial charge in [0.1, 0.15) is 5.75 Å². The molecule has 1 heterocycles. The number of carbonyl (C=O) groups excluding carboxylic acids is 1. The average molecular weight is 362 g/mol. The van der Waals surface area contributed by atoms with E-state index in [0.29, 0.717) is 27.0 Å². The smallest absolute Gasteiger partial charge is 0.258 e. The summed E-state index contributed by atoms with van der Waals surface area (Å²) >= 11 is 12.0. The number of benzene rings is 2. The first-order chi connectivity index (χ1) is 11.6. The van der Waals surface area contributed by atoms with E-state index in [1.54, 1.807) is 48.3 Å². The number of aromatic nitrogens is 2. The van der Waals surface area contributed by atoms with Crippen molar-refractivity contribution < 1.29 is 9.53 Å². The van der Waals surface area contributed by atoms with Gasteiger partial charge in [-0.05, 0) is 36.4 Å². The van der Waals surface area contributed by atoms with E-state index < -0.39 is 0 Å². The Balaban J connectivity index is 1.77. The van der Waals surface area contributed by atoms with Gasteiger partial charge in [-0.1, -0.05) is 23.2 Å². The zero-order valence-electron chi connectivity index (χ0n) is 12.7. The lowest BCUT2D eigenvalue weighted by molar-refractivity contribution is 0.102. The number of methoxy groups -OCH3 is 1. The molecule has 2 aromatic carbocycles. The summed E-state index contributed by atoms with van der Waals surface area (Å²) in [5, 5.41) is 7.97. The summed E-state index contributed by atoms with van der Waals surface area (Å²) in [4.78, 5) is 12.3. The molecule has 0 aliphatic heterocycles. The number of rotatable bonds is 4. The first-order valence-corrected chi connectivity index (χ1v) is 7.78. The van der Waals surface area contributed by atoms with Crippen LogP contribution in [0.2, 0.25) is 10.0 Å². The second kappa shape index (κ2) is 6.95. The van der Waals surface area contributed by atoms with Crippen LogP contribution in [0.15, 0.2) is 54.9 Å². The summed E-state index contributed by atoms with van der Waals surface area (Å²) < 4.78 is 6.68. The molecule has 122 valence electrons. The van der Waals surface area contributed by atoms with Gasteiger partial charge in [-0.3, -0.25) is 4.79 Å². The van der Waals surface area contributed by atoms with Crippen molar-refractivity contribution in [2.75, 3.05) is 12.4 Å². The van der Waals surface area contributed by atoms with E-state index in [1.807, 2.05) is 12.1 Å². The van der Waals surface area contributed by atoms with Gasteiger partial charge in [0.25, 0.3) is 5.91 Å². The molecule has 1 amide bonds. The molecule has 7 heteroatoms. The maximum absolute atomic E-state index is 12.3. The minimum absolute atomic E-state index is 0.303. The van der Waals surface area contributed by atoms with Crippen molar-refractivity contribution in [1.29, 1.82) is 0 Å². The quantitative estimate of drug-likeness (QED) is 0.747. The predicted octanol–water partition coefficient (Wildman–Crippen LogP) is 4.44. The van der Waals surface area contributed by atoms with Crippen molar-refractivity contribution in [3.8, 4) is 11.4 Å². The molecule has 1 N–H and O–H groups in total. The molecule has 3 rings (SSSR count). The van der Waals surface area contributed by atoms with Gasteiger partial charge in [0.2, 0.25) is 0 Å². The highest BCUT2D eigenvalue weighted by atomic mass is 35.5. The van der Waals surface area contributed by atoms with Gasteiger partial charge in [-0.15, -0.1) is 0 Å². The van der Waals surface area contributed by atoms with Gasteiger partial charge in [0.05, 0.1) is 35.3 Å². The molecule has 0 bridgehead atoms. The maximum atomic E-state index is 12.3. The molecule has 0 atom stereocenters. The summed E-state index contributed by atoms with van der Waals surface area (Å²) in [6.07, 6.45) is 3.12. The van der Waals surface area contributed by atoms with Crippen LogP contribution in [0.25, 0.3) is 5.69 Å². The van der Waals surface area contributed by atoms with Crippen molar-refractivity contribution in [2.24, 2.45) is 0 Å². The summed E-state index contributed by atoms with van der Waals surface area (Å²) in [5.41, 5.74) is 1.72. The third-order valence-electron chi connectivity index (χ3n) is 3.36. The number of nitrogens with zero attached hydrogens (tertiary/aromatic N) is 2. The molecule has 0 aliphatic carbocycles. The van der Waals surface area contributed by atoms with Crippen LogP contribution in [-0.4, -0.2) is 22.8 Å². The Morgan fingerprint density at radius 1 is 1.17 bits per heavy atom. The molecule has 24 heavy (non-hydrogen) atoms. The van der Waals surface area contributed by atoms with Crippen LogP contribution in [0.4, 0.5) is 5.69 Å². The van der Waals surface area contributed by atoms with E-state index in [2.05, 4.69) is 10.4 Å². The summed E-state index contributed by atoms with van der Waals surface area (Å²) in [6.45, 7) is 0. The number of amides is 1. The van der Waals surface area contributed by atoms with E-state index >= 15 is 0 Å². The van der Waals surface area contributed by atoms with Gasteiger partial charge in [-0.25, -0.2) is 4.68 Å². The molecule has 0 aliphatic rings. The van der Waals surface area contributed by atoms with Crippen LogP contribution in [0.5, 0.6) is 5.75 Å². The van der Waals surface area contributed by atoms with Crippen molar-refractivity contribution in [3.05, 3.63) is 70.5 Å². The number of nitrogens with one attached hydrogen (secondary N) is 1. The highest BCUT2D eigenvalue weighted by Crippen LogP contribution is 2.27. The third-order valence-corrected chi connectivity index (χ3v) is 3.93. The molecule has 0 saturated carbocycles. The molecule has 0 spiro atoms. The average Bonchev–Trinajstić information content (AvgIpc) is 3.07. The Morgan fingerprint density at radius 2 is 1.92 bits per heavy atom. The Labute approximate surface area is 148 Å². The van der Waals surface area contributed by atoms with Crippen LogP contribution >= 0.6 is 23.2 Å².